The second-order valence-electron chi connectivity index (χ2n) is 5.07. The molecule has 2 nitrogen and oxygen atoms in total. The molecule has 3 rings (SSSR count). The summed E-state index contributed by atoms with van der Waals surface area (Å²) in [6, 6.07) is 8.21. The maximum atomic E-state index is 5.90. The predicted molar refractivity (Wildman–Crippen MR) is 68.2 cm³/mol. The van der Waals surface area contributed by atoms with E-state index in [4.69, 9.17) is 11.6 Å². The van der Waals surface area contributed by atoms with Gasteiger partial charge in [-0.2, -0.15) is 0 Å². The standard InChI is InChI=1S/C13H17ClN2/c14-11-1-3-12(4-2-11)16-7-5-13(6-8-16)9-15-10-13/h1-4,15H,5-10H2. The van der Waals surface area contributed by atoms with E-state index >= 15 is 0 Å². The van der Waals surface area contributed by atoms with E-state index in [0.717, 1.165) is 5.02 Å². The Kier molecular flexibility index (Phi) is 2.56. The van der Waals surface area contributed by atoms with Crippen molar-refractivity contribution in [2.75, 3.05) is 31.1 Å². The molecule has 0 bridgehead atoms. The molecular weight excluding hydrogens is 220 g/mol. The number of benzene rings is 1. The summed E-state index contributed by atoms with van der Waals surface area (Å²) < 4.78 is 0. The molecule has 2 aliphatic rings. The molecule has 2 fully saturated rings. The van der Waals surface area contributed by atoms with Gasteiger partial charge in [-0.1, -0.05) is 11.6 Å². The van der Waals surface area contributed by atoms with E-state index in [-0.39, 0.29) is 0 Å². The van der Waals surface area contributed by atoms with E-state index in [1.807, 2.05) is 12.1 Å². The van der Waals surface area contributed by atoms with Gasteiger partial charge in [0.15, 0.2) is 0 Å². The molecule has 86 valence electrons. The summed E-state index contributed by atoms with van der Waals surface area (Å²) >= 11 is 5.90. The topological polar surface area (TPSA) is 15.3 Å². The van der Waals surface area contributed by atoms with Gasteiger partial charge in [-0.05, 0) is 42.5 Å². The van der Waals surface area contributed by atoms with E-state index < -0.39 is 0 Å². The number of hydrogen-bond donors (Lipinski definition) is 1. The third-order valence-corrected chi connectivity index (χ3v) is 4.27. The monoisotopic (exact) mass is 236 g/mol. The van der Waals surface area contributed by atoms with Crippen LogP contribution in [0.3, 0.4) is 0 Å². The molecule has 1 aromatic rings. The maximum absolute atomic E-state index is 5.90. The van der Waals surface area contributed by atoms with Crippen LogP contribution in [0.25, 0.3) is 0 Å². The number of rotatable bonds is 1. The lowest BCUT2D eigenvalue weighted by atomic mass is 9.73. The van der Waals surface area contributed by atoms with Gasteiger partial charge >= 0.3 is 0 Å². The maximum Gasteiger partial charge on any atom is 0.0407 e. The van der Waals surface area contributed by atoms with Crippen molar-refractivity contribution in [3.8, 4) is 0 Å². The second kappa shape index (κ2) is 3.94. The number of piperidine rings is 1. The summed E-state index contributed by atoms with van der Waals surface area (Å²) in [5.74, 6) is 0. The number of anilines is 1. The summed E-state index contributed by atoms with van der Waals surface area (Å²) in [6.45, 7) is 4.82. The molecule has 2 aliphatic heterocycles. The van der Waals surface area contributed by atoms with Gasteiger partial charge in [0, 0.05) is 36.9 Å². The van der Waals surface area contributed by atoms with Crippen LogP contribution in [0.2, 0.25) is 5.02 Å². The van der Waals surface area contributed by atoms with Crippen molar-refractivity contribution in [3.05, 3.63) is 29.3 Å². The highest BCUT2D eigenvalue weighted by atomic mass is 35.5. The largest absolute Gasteiger partial charge is 0.371 e. The summed E-state index contributed by atoms with van der Waals surface area (Å²) in [4.78, 5) is 2.47. The van der Waals surface area contributed by atoms with Crippen molar-refractivity contribution in [1.82, 2.24) is 5.32 Å². The van der Waals surface area contributed by atoms with Crippen molar-refractivity contribution >= 4 is 17.3 Å². The van der Waals surface area contributed by atoms with Crippen LogP contribution in [0.4, 0.5) is 5.69 Å². The Morgan fingerprint density at radius 1 is 1.06 bits per heavy atom. The van der Waals surface area contributed by atoms with E-state index in [9.17, 15) is 0 Å². The number of hydrogen-bond acceptors (Lipinski definition) is 2. The molecule has 1 N–H and O–H groups in total. The van der Waals surface area contributed by atoms with E-state index in [0.29, 0.717) is 5.41 Å². The van der Waals surface area contributed by atoms with Crippen molar-refractivity contribution in [2.24, 2.45) is 5.41 Å². The minimum absolute atomic E-state index is 0.628. The van der Waals surface area contributed by atoms with Crippen LogP contribution in [0.1, 0.15) is 12.8 Å². The minimum Gasteiger partial charge on any atom is -0.371 e. The van der Waals surface area contributed by atoms with Gasteiger partial charge in [0.2, 0.25) is 0 Å². The van der Waals surface area contributed by atoms with Crippen LogP contribution < -0.4 is 10.2 Å². The number of nitrogens with zero attached hydrogens (tertiary/aromatic N) is 1. The van der Waals surface area contributed by atoms with Crippen molar-refractivity contribution in [3.63, 3.8) is 0 Å². The van der Waals surface area contributed by atoms with Crippen molar-refractivity contribution in [1.29, 1.82) is 0 Å². The molecule has 1 spiro atoms. The Balaban J connectivity index is 1.67. The van der Waals surface area contributed by atoms with Crippen molar-refractivity contribution in [2.45, 2.75) is 12.8 Å². The highest BCUT2D eigenvalue weighted by molar-refractivity contribution is 6.30. The number of halogens is 1. The zero-order valence-electron chi connectivity index (χ0n) is 9.38. The zero-order chi connectivity index (χ0) is 11.0. The highest BCUT2D eigenvalue weighted by Gasteiger charge is 2.39. The fraction of sp³-hybridized carbons (Fsp3) is 0.538. The zero-order valence-corrected chi connectivity index (χ0v) is 10.1. The van der Waals surface area contributed by atoms with Gasteiger partial charge in [0.25, 0.3) is 0 Å². The molecule has 3 heteroatoms. The van der Waals surface area contributed by atoms with Crippen molar-refractivity contribution < 1.29 is 0 Å². The molecule has 0 aliphatic carbocycles. The second-order valence-corrected chi connectivity index (χ2v) is 5.50. The van der Waals surface area contributed by atoms with E-state index in [1.165, 1.54) is 44.7 Å². The van der Waals surface area contributed by atoms with Crippen LogP contribution in [0.15, 0.2) is 24.3 Å². The first-order valence-electron chi connectivity index (χ1n) is 5.99. The third kappa shape index (κ3) is 1.80. The van der Waals surface area contributed by atoms with Gasteiger partial charge in [0.05, 0.1) is 0 Å². The lowest BCUT2D eigenvalue weighted by Crippen LogP contribution is -2.58. The van der Waals surface area contributed by atoms with Gasteiger partial charge in [-0.15, -0.1) is 0 Å². The third-order valence-electron chi connectivity index (χ3n) is 4.02. The Morgan fingerprint density at radius 2 is 1.69 bits per heavy atom. The fourth-order valence-corrected chi connectivity index (χ4v) is 2.85. The number of nitrogens with one attached hydrogen (secondary N) is 1. The van der Waals surface area contributed by atoms with Gasteiger partial charge in [-0.25, -0.2) is 0 Å². The van der Waals surface area contributed by atoms with Gasteiger partial charge in [-0.3, -0.25) is 0 Å². The average molecular weight is 237 g/mol. The Hall–Kier alpha value is -0.730. The summed E-state index contributed by atoms with van der Waals surface area (Å²) in [5.41, 5.74) is 1.94. The first kappa shape index (κ1) is 10.4. The average Bonchev–Trinajstić information content (AvgIpc) is 2.28. The summed E-state index contributed by atoms with van der Waals surface area (Å²) in [6.07, 6.45) is 2.64. The molecule has 0 unspecified atom stereocenters. The molecule has 2 saturated heterocycles. The Labute approximate surface area is 102 Å². The molecule has 0 aromatic heterocycles. The van der Waals surface area contributed by atoms with Gasteiger partial charge < -0.3 is 10.2 Å². The smallest absolute Gasteiger partial charge is 0.0407 e. The van der Waals surface area contributed by atoms with Crippen LogP contribution >= 0.6 is 11.6 Å². The molecule has 2 heterocycles. The first-order chi connectivity index (χ1) is 7.77. The Morgan fingerprint density at radius 3 is 2.19 bits per heavy atom. The minimum atomic E-state index is 0.628. The summed E-state index contributed by atoms with van der Waals surface area (Å²) in [7, 11) is 0. The van der Waals surface area contributed by atoms with Crippen LogP contribution in [0.5, 0.6) is 0 Å². The summed E-state index contributed by atoms with van der Waals surface area (Å²) in [5, 5.41) is 4.22. The van der Waals surface area contributed by atoms with Crippen LogP contribution in [-0.4, -0.2) is 26.2 Å². The van der Waals surface area contributed by atoms with E-state index in [2.05, 4.69) is 22.3 Å². The SMILES string of the molecule is Clc1ccc(N2CCC3(CC2)CNC3)cc1. The molecule has 0 radical (unpaired) electrons. The molecule has 16 heavy (non-hydrogen) atoms. The van der Waals surface area contributed by atoms with Crippen LogP contribution in [-0.2, 0) is 0 Å². The normalized spacial score (nSPS) is 23.2. The highest BCUT2D eigenvalue weighted by Crippen LogP contribution is 2.36. The molecular formula is C13H17ClN2. The molecule has 0 amide bonds. The molecule has 0 saturated carbocycles. The fourth-order valence-electron chi connectivity index (χ4n) is 2.72. The molecule has 0 atom stereocenters. The van der Waals surface area contributed by atoms with E-state index in [1.54, 1.807) is 0 Å². The predicted octanol–water partition coefficient (Wildman–Crippen LogP) is 2.53. The lowest BCUT2D eigenvalue weighted by molar-refractivity contribution is 0.126. The quantitative estimate of drug-likeness (QED) is 0.806. The Bertz CT molecular complexity index is 360. The first-order valence-corrected chi connectivity index (χ1v) is 6.37. The lowest BCUT2D eigenvalue weighted by Gasteiger charge is -2.49. The van der Waals surface area contributed by atoms with Crippen LogP contribution in [0, 0.1) is 5.41 Å². The molecule has 1 aromatic carbocycles. The van der Waals surface area contributed by atoms with Gasteiger partial charge in [0.1, 0.15) is 0 Å².